The number of para-hydroxylation sites is 1. The van der Waals surface area contributed by atoms with Gasteiger partial charge >= 0.3 is 11.8 Å². The van der Waals surface area contributed by atoms with Crippen molar-refractivity contribution in [3.63, 3.8) is 0 Å². The Morgan fingerprint density at radius 3 is 2.64 bits per heavy atom. The molecule has 0 fully saturated rings. The predicted molar refractivity (Wildman–Crippen MR) is 89.4 cm³/mol. The number of rotatable bonds is 3. The molecule has 0 atom stereocenters. The Morgan fingerprint density at radius 2 is 1.80 bits per heavy atom. The van der Waals surface area contributed by atoms with Gasteiger partial charge in [0.05, 0.1) is 11.2 Å². The number of nitrogens with one attached hydrogen (secondary N) is 1. The zero-order valence-electron chi connectivity index (χ0n) is 12.8. The summed E-state index contributed by atoms with van der Waals surface area (Å²) in [6.45, 7) is 0. The normalized spacial score (nSPS) is 10.8. The molecule has 0 saturated heterocycles. The second kappa shape index (κ2) is 6.12. The Balaban J connectivity index is 1.60. The van der Waals surface area contributed by atoms with E-state index in [9.17, 15) is 9.18 Å². The van der Waals surface area contributed by atoms with Crippen molar-refractivity contribution in [1.82, 2.24) is 15.2 Å². The fraction of sp³-hybridized carbons (Fsp3) is 0. The second-order valence-electron chi connectivity index (χ2n) is 5.25. The lowest BCUT2D eigenvalue weighted by Gasteiger charge is -2.05. The minimum Gasteiger partial charge on any atom is -0.412 e. The zero-order chi connectivity index (χ0) is 17.2. The number of hydrogen-bond donors (Lipinski definition) is 1. The number of benzene rings is 2. The van der Waals surface area contributed by atoms with Gasteiger partial charge in [-0.05, 0) is 36.4 Å². The smallest absolute Gasteiger partial charge is 0.313 e. The molecule has 0 aliphatic rings. The Hall–Kier alpha value is -3.61. The molecule has 0 saturated carbocycles. The van der Waals surface area contributed by atoms with Crippen molar-refractivity contribution < 1.29 is 13.6 Å². The minimum atomic E-state index is -0.543. The first-order valence-electron chi connectivity index (χ1n) is 7.45. The number of nitrogens with zero attached hydrogens (tertiary/aromatic N) is 3. The molecule has 122 valence electrons. The molecule has 2 heterocycles. The van der Waals surface area contributed by atoms with Crippen LogP contribution in [0.5, 0.6) is 0 Å². The summed E-state index contributed by atoms with van der Waals surface area (Å²) < 4.78 is 18.3. The third-order valence-corrected chi connectivity index (χ3v) is 3.59. The van der Waals surface area contributed by atoms with E-state index in [-0.39, 0.29) is 17.6 Å². The van der Waals surface area contributed by atoms with Crippen LogP contribution in [0.4, 0.5) is 10.1 Å². The number of aromatic nitrogens is 3. The van der Waals surface area contributed by atoms with Crippen molar-refractivity contribution in [3.05, 3.63) is 72.5 Å². The number of carbonyl (C=O) groups excluding carboxylic acids is 1. The van der Waals surface area contributed by atoms with Gasteiger partial charge in [-0.1, -0.05) is 18.2 Å². The maximum absolute atomic E-state index is 13.0. The van der Waals surface area contributed by atoms with E-state index in [1.165, 1.54) is 24.3 Å². The first kappa shape index (κ1) is 14.9. The van der Waals surface area contributed by atoms with Crippen molar-refractivity contribution in [3.8, 4) is 11.5 Å². The summed E-state index contributed by atoms with van der Waals surface area (Å²) in [6, 6.07) is 14.7. The van der Waals surface area contributed by atoms with Crippen LogP contribution < -0.4 is 5.32 Å². The number of halogens is 1. The molecule has 0 unspecified atom stereocenters. The number of anilines is 1. The minimum absolute atomic E-state index is 0.140. The van der Waals surface area contributed by atoms with E-state index >= 15 is 0 Å². The predicted octanol–water partition coefficient (Wildman–Crippen LogP) is 3.68. The maximum atomic E-state index is 13.0. The molecule has 2 aromatic carbocycles. The Labute approximate surface area is 141 Å². The summed E-state index contributed by atoms with van der Waals surface area (Å²) in [5.41, 5.74) is 1.74. The van der Waals surface area contributed by atoms with Crippen LogP contribution in [-0.2, 0) is 0 Å². The fourth-order valence-corrected chi connectivity index (χ4v) is 2.40. The van der Waals surface area contributed by atoms with Gasteiger partial charge in [-0.3, -0.25) is 9.78 Å². The summed E-state index contributed by atoms with van der Waals surface area (Å²) in [5, 5.41) is 11.2. The van der Waals surface area contributed by atoms with Crippen molar-refractivity contribution >= 4 is 22.5 Å². The van der Waals surface area contributed by atoms with Crippen LogP contribution in [-0.4, -0.2) is 21.1 Å². The lowest BCUT2D eigenvalue weighted by Crippen LogP contribution is -2.12. The highest BCUT2D eigenvalue weighted by atomic mass is 19.1. The lowest BCUT2D eigenvalue weighted by atomic mass is 10.2. The number of pyridine rings is 1. The van der Waals surface area contributed by atoms with Crippen LogP contribution in [0.15, 0.2) is 65.2 Å². The van der Waals surface area contributed by atoms with Gasteiger partial charge in [-0.2, -0.15) is 0 Å². The molecule has 6 nitrogen and oxygen atoms in total. The van der Waals surface area contributed by atoms with E-state index in [1.807, 2.05) is 24.3 Å². The molecule has 4 rings (SSSR count). The molecule has 0 radical (unpaired) electrons. The third kappa shape index (κ3) is 2.94. The van der Waals surface area contributed by atoms with Crippen LogP contribution in [0.1, 0.15) is 10.7 Å². The summed E-state index contributed by atoms with van der Waals surface area (Å²) in [5.74, 6) is -0.961. The average molecular weight is 334 g/mol. The first-order chi connectivity index (χ1) is 12.2. The van der Waals surface area contributed by atoms with Crippen molar-refractivity contribution in [2.24, 2.45) is 0 Å². The van der Waals surface area contributed by atoms with E-state index in [0.29, 0.717) is 16.8 Å². The fourth-order valence-electron chi connectivity index (χ4n) is 2.40. The largest absolute Gasteiger partial charge is 0.412 e. The van der Waals surface area contributed by atoms with Crippen molar-refractivity contribution in [2.45, 2.75) is 0 Å². The SMILES string of the molecule is O=C(Nc1cccc2cccnc12)c1nnc(-c2ccc(F)cc2)o1. The molecule has 0 aliphatic heterocycles. The van der Waals surface area contributed by atoms with E-state index < -0.39 is 5.91 Å². The van der Waals surface area contributed by atoms with Gasteiger partial charge in [0, 0.05) is 17.1 Å². The van der Waals surface area contributed by atoms with Crippen LogP contribution in [0.3, 0.4) is 0 Å². The molecule has 7 heteroatoms. The molecule has 4 aromatic rings. The highest BCUT2D eigenvalue weighted by molar-refractivity contribution is 6.05. The number of carbonyl (C=O) groups is 1. The second-order valence-corrected chi connectivity index (χ2v) is 5.25. The monoisotopic (exact) mass is 334 g/mol. The van der Waals surface area contributed by atoms with Crippen LogP contribution >= 0.6 is 0 Å². The van der Waals surface area contributed by atoms with Gasteiger partial charge in [0.1, 0.15) is 5.82 Å². The first-order valence-corrected chi connectivity index (χ1v) is 7.45. The van der Waals surface area contributed by atoms with Gasteiger partial charge in [-0.25, -0.2) is 4.39 Å². The molecular formula is C18H11FN4O2. The Kier molecular flexibility index (Phi) is 3.66. The molecule has 0 bridgehead atoms. The topological polar surface area (TPSA) is 80.9 Å². The standard InChI is InChI=1S/C18H11FN4O2/c19-13-8-6-12(7-9-13)17-22-23-18(25-17)16(24)21-14-5-1-3-11-4-2-10-20-15(11)14/h1-10H,(H,21,24). The lowest BCUT2D eigenvalue weighted by molar-refractivity contribution is 0.0991. The van der Waals surface area contributed by atoms with Gasteiger partial charge in [0.25, 0.3) is 0 Å². The average Bonchev–Trinajstić information content (AvgIpc) is 3.13. The van der Waals surface area contributed by atoms with E-state index in [4.69, 9.17) is 4.42 Å². The summed E-state index contributed by atoms with van der Waals surface area (Å²) >= 11 is 0. The quantitative estimate of drug-likeness (QED) is 0.618. The molecular weight excluding hydrogens is 323 g/mol. The van der Waals surface area contributed by atoms with Gasteiger partial charge < -0.3 is 9.73 Å². The number of hydrogen-bond acceptors (Lipinski definition) is 5. The molecule has 0 aliphatic carbocycles. The van der Waals surface area contributed by atoms with Crippen molar-refractivity contribution in [2.75, 3.05) is 5.32 Å². The van der Waals surface area contributed by atoms with Crippen LogP contribution in [0.25, 0.3) is 22.4 Å². The molecule has 1 N–H and O–H groups in total. The van der Waals surface area contributed by atoms with Crippen LogP contribution in [0.2, 0.25) is 0 Å². The maximum Gasteiger partial charge on any atom is 0.313 e. The molecule has 1 amide bonds. The van der Waals surface area contributed by atoms with Gasteiger partial charge in [-0.15, -0.1) is 10.2 Å². The van der Waals surface area contributed by atoms with E-state index in [2.05, 4.69) is 20.5 Å². The van der Waals surface area contributed by atoms with E-state index in [0.717, 1.165) is 5.39 Å². The summed E-state index contributed by atoms with van der Waals surface area (Å²) in [6.07, 6.45) is 1.65. The van der Waals surface area contributed by atoms with Crippen molar-refractivity contribution in [1.29, 1.82) is 0 Å². The molecule has 25 heavy (non-hydrogen) atoms. The third-order valence-electron chi connectivity index (χ3n) is 3.59. The number of fused-ring (bicyclic) bond motifs is 1. The molecule has 2 aromatic heterocycles. The highest BCUT2D eigenvalue weighted by Crippen LogP contribution is 2.22. The number of amides is 1. The van der Waals surface area contributed by atoms with Crippen LogP contribution in [0, 0.1) is 5.82 Å². The van der Waals surface area contributed by atoms with E-state index in [1.54, 1.807) is 12.3 Å². The Bertz CT molecular complexity index is 1050. The molecule has 0 spiro atoms. The van der Waals surface area contributed by atoms with Gasteiger partial charge in [0.2, 0.25) is 5.89 Å². The zero-order valence-corrected chi connectivity index (χ0v) is 12.8. The van der Waals surface area contributed by atoms with Gasteiger partial charge in [0.15, 0.2) is 0 Å². The summed E-state index contributed by atoms with van der Waals surface area (Å²) in [7, 11) is 0. The highest BCUT2D eigenvalue weighted by Gasteiger charge is 2.17. The Morgan fingerprint density at radius 1 is 1.00 bits per heavy atom. The summed E-state index contributed by atoms with van der Waals surface area (Å²) in [4.78, 5) is 16.6.